The van der Waals surface area contributed by atoms with Crippen molar-refractivity contribution in [1.29, 1.82) is 0 Å². The van der Waals surface area contributed by atoms with Crippen molar-refractivity contribution in [2.45, 2.75) is 31.2 Å². The van der Waals surface area contributed by atoms with E-state index in [1.165, 1.54) is 35.5 Å². The zero-order valence-electron chi connectivity index (χ0n) is 12.7. The van der Waals surface area contributed by atoms with E-state index in [1.54, 1.807) is 13.8 Å². The van der Waals surface area contributed by atoms with Gasteiger partial charge in [-0.05, 0) is 38.1 Å². The molecule has 1 aromatic carbocycles. The first-order valence-electron chi connectivity index (χ1n) is 6.84. The van der Waals surface area contributed by atoms with Gasteiger partial charge in [0, 0.05) is 25.7 Å². The summed E-state index contributed by atoms with van der Waals surface area (Å²) < 4.78 is 26.7. The highest BCUT2D eigenvalue weighted by Gasteiger charge is 2.44. The van der Waals surface area contributed by atoms with Gasteiger partial charge in [-0.15, -0.1) is 0 Å². The fraction of sp³-hybridized carbons (Fsp3) is 0.429. The number of rotatable bonds is 3. The van der Waals surface area contributed by atoms with Crippen molar-refractivity contribution in [3.8, 4) is 0 Å². The predicted octanol–water partition coefficient (Wildman–Crippen LogP) is 0.544. The van der Waals surface area contributed by atoms with Gasteiger partial charge in [0.2, 0.25) is 21.8 Å². The molecule has 0 bridgehead atoms. The molecule has 0 spiro atoms. The van der Waals surface area contributed by atoms with Crippen LogP contribution in [0, 0.1) is 0 Å². The fourth-order valence-electron chi connectivity index (χ4n) is 2.34. The molecule has 22 heavy (non-hydrogen) atoms. The molecular formula is C14H19N3O4S. The smallest absolute Gasteiger partial charge is 0.244 e. The predicted molar refractivity (Wildman–Crippen MR) is 81.7 cm³/mol. The van der Waals surface area contributed by atoms with E-state index in [2.05, 4.69) is 10.6 Å². The maximum atomic E-state index is 12.7. The van der Waals surface area contributed by atoms with Crippen LogP contribution >= 0.6 is 0 Å². The monoisotopic (exact) mass is 325 g/mol. The summed E-state index contributed by atoms with van der Waals surface area (Å²) in [7, 11) is -3.79. The Morgan fingerprint density at radius 1 is 1.27 bits per heavy atom. The lowest BCUT2D eigenvalue weighted by molar-refractivity contribution is -0.131. The van der Waals surface area contributed by atoms with Crippen molar-refractivity contribution in [2.75, 3.05) is 18.4 Å². The number of hydrogen-bond acceptors (Lipinski definition) is 4. The van der Waals surface area contributed by atoms with Gasteiger partial charge in [-0.1, -0.05) is 0 Å². The van der Waals surface area contributed by atoms with Crippen molar-refractivity contribution in [3.63, 3.8) is 0 Å². The molecule has 1 fully saturated rings. The number of hydrogen-bond donors (Lipinski definition) is 2. The summed E-state index contributed by atoms with van der Waals surface area (Å²) in [5.74, 6) is -0.554. The zero-order valence-corrected chi connectivity index (χ0v) is 13.5. The minimum Gasteiger partial charge on any atom is -0.353 e. The highest BCUT2D eigenvalue weighted by Crippen LogP contribution is 2.27. The summed E-state index contributed by atoms with van der Waals surface area (Å²) in [5.41, 5.74) is -0.630. The summed E-state index contributed by atoms with van der Waals surface area (Å²) >= 11 is 0. The number of amides is 2. The van der Waals surface area contributed by atoms with Crippen LogP contribution in [0.5, 0.6) is 0 Å². The Bertz CT molecular complexity index is 695. The van der Waals surface area contributed by atoms with Crippen LogP contribution in [0.4, 0.5) is 5.69 Å². The van der Waals surface area contributed by atoms with E-state index in [9.17, 15) is 18.0 Å². The van der Waals surface area contributed by atoms with Gasteiger partial charge >= 0.3 is 0 Å². The van der Waals surface area contributed by atoms with Crippen molar-refractivity contribution in [2.24, 2.45) is 0 Å². The molecule has 7 nitrogen and oxygen atoms in total. The van der Waals surface area contributed by atoms with Crippen LogP contribution in [0.2, 0.25) is 0 Å². The number of anilines is 1. The molecule has 1 saturated heterocycles. The molecule has 8 heteroatoms. The number of piperazine rings is 1. The highest BCUT2D eigenvalue weighted by atomic mass is 32.2. The first-order valence-corrected chi connectivity index (χ1v) is 8.28. The van der Waals surface area contributed by atoms with Gasteiger partial charge in [0.1, 0.15) is 5.54 Å². The van der Waals surface area contributed by atoms with Crippen LogP contribution < -0.4 is 10.6 Å². The average molecular weight is 325 g/mol. The Morgan fingerprint density at radius 2 is 1.86 bits per heavy atom. The number of carbonyl (C=O) groups is 2. The van der Waals surface area contributed by atoms with Gasteiger partial charge in [0.25, 0.3) is 0 Å². The molecular weight excluding hydrogens is 306 g/mol. The second kappa shape index (κ2) is 5.69. The van der Waals surface area contributed by atoms with Crippen LogP contribution in [0.15, 0.2) is 29.2 Å². The fourth-order valence-corrected chi connectivity index (χ4v) is 4.09. The average Bonchev–Trinajstić information content (AvgIpc) is 2.41. The lowest BCUT2D eigenvalue weighted by Crippen LogP contribution is -2.63. The summed E-state index contributed by atoms with van der Waals surface area (Å²) in [5, 5.41) is 5.24. The summed E-state index contributed by atoms with van der Waals surface area (Å²) in [6.45, 7) is 5.02. The SMILES string of the molecule is CC(=O)Nc1ccc(S(=O)(=O)N2CCNC(=O)C2(C)C)cc1. The van der Waals surface area contributed by atoms with Crippen molar-refractivity contribution in [1.82, 2.24) is 9.62 Å². The maximum Gasteiger partial charge on any atom is 0.244 e. The van der Waals surface area contributed by atoms with Crippen LogP contribution in [-0.4, -0.2) is 43.2 Å². The van der Waals surface area contributed by atoms with Gasteiger partial charge < -0.3 is 10.6 Å². The third-order valence-corrected chi connectivity index (χ3v) is 5.63. The number of nitrogens with one attached hydrogen (secondary N) is 2. The number of carbonyl (C=O) groups excluding carboxylic acids is 2. The molecule has 2 N–H and O–H groups in total. The molecule has 120 valence electrons. The third-order valence-electron chi connectivity index (χ3n) is 3.54. The Kier molecular flexibility index (Phi) is 4.25. The second-order valence-corrected chi connectivity index (χ2v) is 7.46. The Balaban J connectivity index is 2.34. The Morgan fingerprint density at radius 3 is 2.41 bits per heavy atom. The third kappa shape index (κ3) is 2.97. The summed E-state index contributed by atoms with van der Waals surface area (Å²) in [6, 6.07) is 5.88. The molecule has 0 atom stereocenters. The molecule has 2 rings (SSSR count). The van der Waals surface area contributed by atoms with E-state index >= 15 is 0 Å². The number of nitrogens with zero attached hydrogens (tertiary/aromatic N) is 1. The van der Waals surface area contributed by atoms with E-state index in [0.717, 1.165) is 0 Å². The quantitative estimate of drug-likeness (QED) is 0.848. The highest BCUT2D eigenvalue weighted by molar-refractivity contribution is 7.89. The van der Waals surface area contributed by atoms with Crippen LogP contribution in [-0.2, 0) is 19.6 Å². The largest absolute Gasteiger partial charge is 0.353 e. The Hall–Kier alpha value is -1.93. The van der Waals surface area contributed by atoms with Crippen LogP contribution in [0.1, 0.15) is 20.8 Å². The van der Waals surface area contributed by atoms with Crippen molar-refractivity contribution in [3.05, 3.63) is 24.3 Å². The summed E-state index contributed by atoms with van der Waals surface area (Å²) in [4.78, 5) is 23.0. The number of sulfonamides is 1. The van der Waals surface area contributed by atoms with Crippen molar-refractivity contribution >= 4 is 27.5 Å². The summed E-state index contributed by atoms with van der Waals surface area (Å²) in [6.07, 6.45) is 0. The molecule has 1 aliphatic heterocycles. The van der Waals surface area contributed by atoms with Crippen LogP contribution in [0.25, 0.3) is 0 Å². The minimum absolute atomic E-state index is 0.0874. The van der Waals surface area contributed by atoms with Gasteiger partial charge in [-0.25, -0.2) is 8.42 Å². The molecule has 0 radical (unpaired) electrons. The van der Waals surface area contributed by atoms with Gasteiger partial charge in [0.05, 0.1) is 4.90 Å². The molecule has 0 saturated carbocycles. The molecule has 2 amide bonds. The molecule has 0 aromatic heterocycles. The van der Waals surface area contributed by atoms with Gasteiger partial charge in [0.15, 0.2) is 0 Å². The van der Waals surface area contributed by atoms with E-state index in [1.807, 2.05) is 0 Å². The first kappa shape index (κ1) is 16.4. The van der Waals surface area contributed by atoms with E-state index in [4.69, 9.17) is 0 Å². The molecule has 0 aliphatic carbocycles. The van der Waals surface area contributed by atoms with E-state index < -0.39 is 15.6 Å². The molecule has 1 aromatic rings. The van der Waals surface area contributed by atoms with Gasteiger partial charge in [-0.2, -0.15) is 4.31 Å². The molecule has 0 unspecified atom stereocenters. The Labute approximate surface area is 129 Å². The first-order chi connectivity index (χ1) is 10.2. The maximum absolute atomic E-state index is 12.7. The lowest BCUT2D eigenvalue weighted by atomic mass is 10.0. The standard InChI is InChI=1S/C14H19N3O4S/c1-10(18)16-11-4-6-12(7-5-11)22(20,21)17-9-8-15-13(19)14(17,2)3/h4-7H,8-9H2,1-3H3,(H,15,19)(H,16,18). The van der Waals surface area contributed by atoms with E-state index in [0.29, 0.717) is 5.69 Å². The topological polar surface area (TPSA) is 95.6 Å². The van der Waals surface area contributed by atoms with Crippen LogP contribution in [0.3, 0.4) is 0 Å². The molecule has 1 heterocycles. The van der Waals surface area contributed by atoms with E-state index in [-0.39, 0.29) is 29.8 Å². The lowest BCUT2D eigenvalue weighted by Gasteiger charge is -2.39. The second-order valence-electron chi connectivity index (χ2n) is 5.60. The van der Waals surface area contributed by atoms with Gasteiger partial charge in [-0.3, -0.25) is 9.59 Å². The number of benzene rings is 1. The minimum atomic E-state index is -3.79. The zero-order chi connectivity index (χ0) is 16.5. The molecule has 1 aliphatic rings. The van der Waals surface area contributed by atoms with Crippen molar-refractivity contribution < 1.29 is 18.0 Å². The normalized spacial score (nSPS) is 18.6.